The monoisotopic (exact) mass is 383 g/mol. The fourth-order valence-electron chi connectivity index (χ4n) is 3.44. The van der Waals surface area contributed by atoms with Gasteiger partial charge in [-0.3, -0.25) is 19.8 Å². The first kappa shape index (κ1) is 19.4. The Balaban J connectivity index is 1.91. The Kier molecular flexibility index (Phi) is 5.94. The molecule has 1 aliphatic heterocycles. The number of carbonyl (C=O) groups excluding carboxylic acids is 3. The third kappa shape index (κ3) is 3.98. The maximum atomic E-state index is 12.8. The maximum Gasteiger partial charge on any atom is 0.331 e. The number of rotatable bonds is 6. The topological polar surface area (TPSA) is 109 Å². The van der Waals surface area contributed by atoms with E-state index < -0.39 is 17.8 Å². The number of hydrogen-bond acceptors (Lipinski definition) is 6. The summed E-state index contributed by atoms with van der Waals surface area (Å²) >= 11 is 0. The second-order valence-corrected chi connectivity index (χ2v) is 6.52. The number of ether oxygens (including phenoxy) is 2. The lowest BCUT2D eigenvalue weighted by Gasteiger charge is -2.31. The lowest BCUT2D eigenvalue weighted by Crippen LogP contribution is -2.57. The molecule has 3 rings (SSSR count). The summed E-state index contributed by atoms with van der Waals surface area (Å²) in [4.78, 5) is 38.4. The first-order chi connectivity index (χ1) is 13.5. The molecule has 1 aromatic carbocycles. The summed E-state index contributed by atoms with van der Waals surface area (Å²) in [6.45, 7) is 2.06. The fraction of sp³-hybridized carbons (Fsp3) is 0.400. The molecule has 2 aliphatic rings. The molecule has 0 atom stereocenters. The fourth-order valence-corrected chi connectivity index (χ4v) is 3.44. The number of hydrogen-bond donors (Lipinski definition) is 1. The number of nitrogens with zero attached hydrogens (tertiary/aromatic N) is 2. The molecule has 1 saturated carbocycles. The number of benzene rings is 1. The molecular weight excluding hydrogens is 362 g/mol. The number of carbonyl (C=O) groups is 3. The van der Waals surface area contributed by atoms with Crippen LogP contribution in [0.1, 0.15) is 38.2 Å². The molecule has 8 heteroatoms. The van der Waals surface area contributed by atoms with Gasteiger partial charge in [-0.1, -0.05) is 18.9 Å². The molecular formula is C20H21N3O5. The van der Waals surface area contributed by atoms with Crippen molar-refractivity contribution in [3.63, 3.8) is 0 Å². The third-order valence-corrected chi connectivity index (χ3v) is 4.69. The van der Waals surface area contributed by atoms with Crippen LogP contribution in [0.25, 0.3) is 6.08 Å². The smallest absolute Gasteiger partial charge is 0.331 e. The molecule has 0 bridgehead atoms. The van der Waals surface area contributed by atoms with Gasteiger partial charge in [0.25, 0.3) is 11.8 Å². The van der Waals surface area contributed by atoms with E-state index >= 15 is 0 Å². The predicted molar refractivity (Wildman–Crippen MR) is 99.3 cm³/mol. The summed E-state index contributed by atoms with van der Waals surface area (Å²) in [5.41, 5.74) is 0.451. The molecule has 1 aromatic rings. The molecule has 1 aliphatic carbocycles. The summed E-state index contributed by atoms with van der Waals surface area (Å²) in [6.07, 6.45) is 4.84. The van der Waals surface area contributed by atoms with E-state index in [9.17, 15) is 14.4 Å². The summed E-state index contributed by atoms with van der Waals surface area (Å²) in [6, 6.07) is 5.94. The summed E-state index contributed by atoms with van der Waals surface area (Å²) in [5.74, 6) is -0.498. The minimum atomic E-state index is -0.716. The van der Waals surface area contributed by atoms with Crippen LogP contribution in [0.5, 0.6) is 11.5 Å². The van der Waals surface area contributed by atoms with Gasteiger partial charge in [0.05, 0.1) is 6.61 Å². The van der Waals surface area contributed by atoms with Gasteiger partial charge in [0.1, 0.15) is 11.6 Å². The molecule has 1 heterocycles. The van der Waals surface area contributed by atoms with Gasteiger partial charge in [-0.15, -0.1) is 0 Å². The minimum Gasteiger partial charge on any atom is -0.490 e. The molecule has 1 N–H and O–H groups in total. The number of imide groups is 2. The molecule has 4 amide bonds. The number of urea groups is 1. The molecule has 1 saturated heterocycles. The van der Waals surface area contributed by atoms with Gasteiger partial charge in [-0.2, -0.15) is 5.26 Å². The molecule has 0 radical (unpaired) electrons. The number of nitriles is 1. The van der Waals surface area contributed by atoms with Crippen LogP contribution in [0.15, 0.2) is 23.8 Å². The standard InChI is InChI=1S/C20H21N3O5/c1-2-27-17-12-13(7-8-16(17)28-10-9-21)11-15-18(24)22-20(26)23(19(15)25)14-5-3-4-6-14/h7-8,11-12,14H,2-6,10H2,1H3,(H,22,24,26)/b15-11+. The minimum absolute atomic E-state index is 0.0976. The molecule has 0 unspecified atom stereocenters. The van der Waals surface area contributed by atoms with E-state index in [1.54, 1.807) is 18.2 Å². The van der Waals surface area contributed by atoms with Crippen molar-refractivity contribution in [1.82, 2.24) is 10.2 Å². The third-order valence-electron chi connectivity index (χ3n) is 4.69. The quantitative estimate of drug-likeness (QED) is 0.597. The van der Waals surface area contributed by atoms with Crippen molar-refractivity contribution in [2.24, 2.45) is 0 Å². The number of nitrogens with one attached hydrogen (secondary N) is 1. The highest BCUT2D eigenvalue weighted by Gasteiger charge is 2.40. The van der Waals surface area contributed by atoms with Crippen LogP contribution in [0.4, 0.5) is 4.79 Å². The molecule has 146 valence electrons. The predicted octanol–water partition coefficient (Wildman–Crippen LogP) is 2.39. The Morgan fingerprint density at radius 3 is 2.64 bits per heavy atom. The van der Waals surface area contributed by atoms with Gasteiger partial charge in [0.2, 0.25) is 0 Å². The first-order valence-corrected chi connectivity index (χ1v) is 9.22. The maximum absolute atomic E-state index is 12.8. The van der Waals surface area contributed by atoms with Crippen molar-refractivity contribution in [3.05, 3.63) is 29.3 Å². The van der Waals surface area contributed by atoms with E-state index in [4.69, 9.17) is 14.7 Å². The van der Waals surface area contributed by atoms with Crippen LogP contribution in [0.3, 0.4) is 0 Å². The Labute approximate surface area is 162 Å². The zero-order valence-corrected chi connectivity index (χ0v) is 15.6. The second-order valence-electron chi connectivity index (χ2n) is 6.52. The van der Waals surface area contributed by atoms with Gasteiger partial charge in [-0.05, 0) is 43.5 Å². The average Bonchev–Trinajstić information content (AvgIpc) is 3.19. The zero-order valence-electron chi connectivity index (χ0n) is 15.6. The van der Waals surface area contributed by atoms with E-state index in [0.29, 0.717) is 23.7 Å². The largest absolute Gasteiger partial charge is 0.490 e. The Morgan fingerprint density at radius 2 is 1.96 bits per heavy atom. The first-order valence-electron chi connectivity index (χ1n) is 9.22. The van der Waals surface area contributed by atoms with Crippen LogP contribution in [-0.2, 0) is 9.59 Å². The van der Waals surface area contributed by atoms with Gasteiger partial charge < -0.3 is 9.47 Å². The number of barbiturate groups is 1. The Morgan fingerprint density at radius 1 is 1.21 bits per heavy atom. The van der Waals surface area contributed by atoms with Gasteiger partial charge in [0, 0.05) is 6.04 Å². The van der Waals surface area contributed by atoms with E-state index in [1.807, 2.05) is 13.0 Å². The average molecular weight is 383 g/mol. The Bertz CT molecular complexity index is 865. The summed E-state index contributed by atoms with van der Waals surface area (Å²) in [7, 11) is 0. The van der Waals surface area contributed by atoms with Crippen molar-refractivity contribution >= 4 is 23.9 Å². The van der Waals surface area contributed by atoms with Crippen LogP contribution >= 0.6 is 0 Å². The van der Waals surface area contributed by atoms with Gasteiger partial charge >= 0.3 is 6.03 Å². The van der Waals surface area contributed by atoms with Crippen LogP contribution in [-0.4, -0.2) is 42.0 Å². The van der Waals surface area contributed by atoms with Gasteiger partial charge in [-0.25, -0.2) is 4.79 Å². The zero-order chi connectivity index (χ0) is 20.1. The lowest BCUT2D eigenvalue weighted by molar-refractivity contribution is -0.131. The molecule has 8 nitrogen and oxygen atoms in total. The molecule has 0 aromatic heterocycles. The van der Waals surface area contributed by atoms with Crippen LogP contribution in [0, 0.1) is 11.3 Å². The van der Waals surface area contributed by atoms with Crippen LogP contribution in [0.2, 0.25) is 0 Å². The summed E-state index contributed by atoms with van der Waals surface area (Å²) in [5, 5.41) is 10.9. The van der Waals surface area contributed by atoms with Crippen molar-refractivity contribution in [2.45, 2.75) is 38.6 Å². The molecule has 2 fully saturated rings. The van der Waals surface area contributed by atoms with E-state index in [2.05, 4.69) is 5.32 Å². The molecule has 0 spiro atoms. The SMILES string of the molecule is CCOc1cc(/C=C2\C(=O)NC(=O)N(C3CCCC3)C2=O)ccc1OCC#N. The number of amides is 4. The van der Waals surface area contributed by atoms with E-state index in [0.717, 1.165) is 30.6 Å². The highest BCUT2D eigenvalue weighted by Crippen LogP contribution is 2.31. The molecule has 28 heavy (non-hydrogen) atoms. The lowest BCUT2D eigenvalue weighted by atomic mass is 10.0. The van der Waals surface area contributed by atoms with Crippen molar-refractivity contribution < 1.29 is 23.9 Å². The highest BCUT2D eigenvalue weighted by molar-refractivity contribution is 6.31. The normalized spacial score (nSPS) is 18.9. The summed E-state index contributed by atoms with van der Waals surface area (Å²) < 4.78 is 10.8. The van der Waals surface area contributed by atoms with E-state index in [1.165, 1.54) is 6.08 Å². The van der Waals surface area contributed by atoms with Crippen molar-refractivity contribution in [1.29, 1.82) is 5.26 Å². The Hall–Kier alpha value is -3.34. The van der Waals surface area contributed by atoms with Crippen LogP contribution < -0.4 is 14.8 Å². The van der Waals surface area contributed by atoms with E-state index in [-0.39, 0.29) is 18.2 Å². The van der Waals surface area contributed by atoms with Crippen molar-refractivity contribution in [2.75, 3.05) is 13.2 Å². The second kappa shape index (κ2) is 8.57. The highest BCUT2D eigenvalue weighted by atomic mass is 16.5. The van der Waals surface area contributed by atoms with Crippen molar-refractivity contribution in [3.8, 4) is 17.6 Å². The van der Waals surface area contributed by atoms with Gasteiger partial charge in [0.15, 0.2) is 18.1 Å².